The lowest BCUT2D eigenvalue weighted by Gasteiger charge is -2.36. The summed E-state index contributed by atoms with van der Waals surface area (Å²) in [7, 11) is -2.03. The molecule has 9 nitrogen and oxygen atoms in total. The Morgan fingerprint density at radius 1 is 1.07 bits per heavy atom. The van der Waals surface area contributed by atoms with E-state index >= 15 is 0 Å². The number of methoxy groups -OCH3 is 1. The third-order valence-electron chi connectivity index (χ3n) is 4.88. The number of nitro groups is 1. The second-order valence-electron chi connectivity index (χ2n) is 6.65. The van der Waals surface area contributed by atoms with E-state index in [1.807, 2.05) is 24.3 Å². The SMILES string of the molecule is COc1ccccc1N1CCN(CCNS(=O)(=O)c2ccc([N+](=O)[O-])cc2)CC1. The van der Waals surface area contributed by atoms with E-state index in [-0.39, 0.29) is 17.1 Å². The van der Waals surface area contributed by atoms with E-state index in [2.05, 4.69) is 14.5 Å². The molecule has 0 atom stereocenters. The molecule has 2 aromatic carbocycles. The van der Waals surface area contributed by atoms with Gasteiger partial charge in [-0.1, -0.05) is 12.1 Å². The number of anilines is 1. The molecule has 1 N–H and O–H groups in total. The Balaban J connectivity index is 1.48. The molecule has 29 heavy (non-hydrogen) atoms. The van der Waals surface area contributed by atoms with Crippen LogP contribution in [0.1, 0.15) is 0 Å². The zero-order chi connectivity index (χ0) is 20.9. The van der Waals surface area contributed by atoms with Gasteiger partial charge in [-0.05, 0) is 24.3 Å². The molecule has 0 bridgehead atoms. The van der Waals surface area contributed by atoms with Crippen LogP contribution in [-0.2, 0) is 10.0 Å². The highest BCUT2D eigenvalue weighted by atomic mass is 32.2. The first-order valence-corrected chi connectivity index (χ1v) is 10.7. The Morgan fingerprint density at radius 3 is 2.34 bits per heavy atom. The minimum absolute atomic E-state index is 0.0177. The highest BCUT2D eigenvalue weighted by Gasteiger charge is 2.20. The summed E-state index contributed by atoms with van der Waals surface area (Å²) in [5, 5.41) is 10.7. The Labute approximate surface area is 170 Å². The topological polar surface area (TPSA) is 105 Å². The highest BCUT2D eigenvalue weighted by molar-refractivity contribution is 7.89. The van der Waals surface area contributed by atoms with Crippen molar-refractivity contribution in [1.29, 1.82) is 0 Å². The molecule has 1 aliphatic rings. The molecule has 0 aromatic heterocycles. The predicted octanol–water partition coefficient (Wildman–Crippen LogP) is 1.70. The summed E-state index contributed by atoms with van der Waals surface area (Å²) in [6.45, 7) is 4.15. The molecule has 10 heteroatoms. The average Bonchev–Trinajstić information content (AvgIpc) is 2.74. The van der Waals surface area contributed by atoms with Gasteiger partial charge in [-0.2, -0.15) is 0 Å². The maximum atomic E-state index is 12.3. The number of rotatable bonds is 8. The molecular weight excluding hydrogens is 396 g/mol. The van der Waals surface area contributed by atoms with E-state index in [0.29, 0.717) is 6.54 Å². The Hall–Kier alpha value is -2.69. The number of hydrogen-bond donors (Lipinski definition) is 1. The van der Waals surface area contributed by atoms with Crippen molar-refractivity contribution in [3.63, 3.8) is 0 Å². The van der Waals surface area contributed by atoms with Crippen molar-refractivity contribution >= 4 is 21.4 Å². The van der Waals surface area contributed by atoms with Crippen molar-refractivity contribution in [2.24, 2.45) is 0 Å². The Bertz CT molecular complexity index is 941. The van der Waals surface area contributed by atoms with Gasteiger partial charge < -0.3 is 9.64 Å². The monoisotopic (exact) mass is 420 g/mol. The number of ether oxygens (including phenoxy) is 1. The number of para-hydroxylation sites is 2. The molecule has 1 aliphatic heterocycles. The van der Waals surface area contributed by atoms with Crippen molar-refractivity contribution < 1.29 is 18.1 Å². The molecule has 0 unspecified atom stereocenters. The lowest BCUT2D eigenvalue weighted by atomic mass is 10.2. The fourth-order valence-electron chi connectivity index (χ4n) is 3.27. The molecule has 0 aliphatic carbocycles. The van der Waals surface area contributed by atoms with E-state index in [1.54, 1.807) is 7.11 Å². The number of nitro benzene ring substituents is 1. The van der Waals surface area contributed by atoms with Crippen molar-refractivity contribution in [2.75, 3.05) is 51.3 Å². The summed E-state index contributed by atoms with van der Waals surface area (Å²) in [5.74, 6) is 0.844. The minimum atomic E-state index is -3.69. The molecule has 1 saturated heterocycles. The Kier molecular flexibility index (Phi) is 6.68. The molecule has 0 radical (unpaired) electrons. The zero-order valence-corrected chi connectivity index (χ0v) is 17.0. The van der Waals surface area contributed by atoms with Crippen LogP contribution in [-0.4, -0.2) is 64.6 Å². The first kappa shape index (κ1) is 21.0. The molecule has 0 amide bonds. The molecule has 0 saturated carbocycles. The predicted molar refractivity (Wildman–Crippen MR) is 110 cm³/mol. The van der Waals surface area contributed by atoms with E-state index < -0.39 is 14.9 Å². The van der Waals surface area contributed by atoms with Gasteiger partial charge in [0.1, 0.15) is 5.75 Å². The van der Waals surface area contributed by atoms with Gasteiger partial charge >= 0.3 is 0 Å². The normalized spacial score (nSPS) is 15.3. The highest BCUT2D eigenvalue weighted by Crippen LogP contribution is 2.28. The average molecular weight is 420 g/mol. The number of non-ortho nitro benzene ring substituents is 1. The molecule has 1 fully saturated rings. The first-order valence-electron chi connectivity index (χ1n) is 9.25. The third kappa shape index (κ3) is 5.22. The summed E-state index contributed by atoms with van der Waals surface area (Å²) in [4.78, 5) is 14.6. The van der Waals surface area contributed by atoms with Crippen molar-refractivity contribution in [1.82, 2.24) is 9.62 Å². The van der Waals surface area contributed by atoms with Crippen LogP contribution in [0.15, 0.2) is 53.4 Å². The minimum Gasteiger partial charge on any atom is -0.495 e. The maximum absolute atomic E-state index is 12.3. The van der Waals surface area contributed by atoms with Crippen LogP contribution in [0.4, 0.5) is 11.4 Å². The number of piperazine rings is 1. The fourth-order valence-corrected chi connectivity index (χ4v) is 4.29. The van der Waals surface area contributed by atoms with Crippen molar-refractivity contribution in [3.8, 4) is 5.75 Å². The standard InChI is InChI=1S/C19H24N4O5S/c1-28-19-5-3-2-4-18(19)22-14-12-21(13-15-22)11-10-20-29(26,27)17-8-6-16(7-9-17)23(24)25/h2-9,20H,10-15H2,1H3. The molecule has 3 rings (SSSR count). The second-order valence-corrected chi connectivity index (χ2v) is 8.42. The fraction of sp³-hybridized carbons (Fsp3) is 0.368. The number of nitrogens with zero attached hydrogens (tertiary/aromatic N) is 3. The van der Waals surface area contributed by atoms with Gasteiger partial charge in [0, 0.05) is 51.4 Å². The van der Waals surface area contributed by atoms with Crippen molar-refractivity contribution in [3.05, 3.63) is 58.6 Å². The molecule has 2 aromatic rings. The summed E-state index contributed by atoms with van der Waals surface area (Å²) in [6, 6.07) is 12.8. The van der Waals surface area contributed by atoms with Gasteiger partial charge in [-0.25, -0.2) is 13.1 Å². The Morgan fingerprint density at radius 2 is 1.72 bits per heavy atom. The second kappa shape index (κ2) is 9.21. The van der Waals surface area contributed by atoms with Gasteiger partial charge in [0.2, 0.25) is 10.0 Å². The van der Waals surface area contributed by atoms with Gasteiger partial charge in [0.25, 0.3) is 5.69 Å². The van der Waals surface area contributed by atoms with E-state index in [1.165, 1.54) is 24.3 Å². The summed E-state index contributed by atoms with van der Waals surface area (Å²) in [6.07, 6.45) is 0. The van der Waals surface area contributed by atoms with Crippen LogP contribution in [0, 0.1) is 10.1 Å². The van der Waals surface area contributed by atoms with E-state index in [4.69, 9.17) is 4.74 Å². The smallest absolute Gasteiger partial charge is 0.269 e. The third-order valence-corrected chi connectivity index (χ3v) is 6.35. The van der Waals surface area contributed by atoms with Crippen LogP contribution in [0.3, 0.4) is 0 Å². The zero-order valence-electron chi connectivity index (χ0n) is 16.2. The number of benzene rings is 2. The lowest BCUT2D eigenvalue weighted by molar-refractivity contribution is -0.384. The van der Waals surface area contributed by atoms with Gasteiger partial charge in [-0.3, -0.25) is 15.0 Å². The van der Waals surface area contributed by atoms with Crippen LogP contribution in [0.5, 0.6) is 5.75 Å². The quantitative estimate of drug-likeness (QED) is 0.512. The number of sulfonamides is 1. The van der Waals surface area contributed by atoms with Gasteiger partial charge in [-0.15, -0.1) is 0 Å². The summed E-state index contributed by atoms with van der Waals surface area (Å²) >= 11 is 0. The number of nitrogens with one attached hydrogen (secondary N) is 1. The largest absolute Gasteiger partial charge is 0.495 e. The molecule has 0 spiro atoms. The van der Waals surface area contributed by atoms with E-state index in [0.717, 1.165) is 37.6 Å². The summed E-state index contributed by atoms with van der Waals surface area (Å²) in [5.41, 5.74) is 0.922. The first-order chi connectivity index (χ1) is 13.9. The number of hydrogen-bond acceptors (Lipinski definition) is 7. The maximum Gasteiger partial charge on any atom is 0.269 e. The lowest BCUT2D eigenvalue weighted by Crippen LogP contribution is -2.48. The van der Waals surface area contributed by atoms with Crippen LogP contribution < -0.4 is 14.4 Å². The van der Waals surface area contributed by atoms with Gasteiger partial charge in [0.15, 0.2) is 0 Å². The molecule has 156 valence electrons. The van der Waals surface area contributed by atoms with Crippen LogP contribution >= 0.6 is 0 Å². The van der Waals surface area contributed by atoms with E-state index in [9.17, 15) is 18.5 Å². The van der Waals surface area contributed by atoms with Crippen LogP contribution in [0.2, 0.25) is 0 Å². The molecular formula is C19H24N4O5S. The van der Waals surface area contributed by atoms with Crippen molar-refractivity contribution in [2.45, 2.75) is 4.90 Å². The summed E-state index contributed by atoms with van der Waals surface area (Å²) < 4.78 is 32.7. The van der Waals surface area contributed by atoms with Crippen LogP contribution in [0.25, 0.3) is 0 Å². The molecule has 1 heterocycles. The van der Waals surface area contributed by atoms with Gasteiger partial charge in [0.05, 0.1) is 22.6 Å².